The Bertz CT molecular complexity index is 1510. The quantitative estimate of drug-likeness (QED) is 0.415. The molecule has 0 radical (unpaired) electrons. The van der Waals surface area contributed by atoms with E-state index in [0.29, 0.717) is 43.4 Å². The number of carbonyl (C=O) groups is 1. The van der Waals surface area contributed by atoms with E-state index in [-0.39, 0.29) is 29.8 Å². The highest BCUT2D eigenvalue weighted by Crippen LogP contribution is 2.40. The number of amides is 1. The first-order valence-electron chi connectivity index (χ1n) is 13.8. The van der Waals surface area contributed by atoms with Crippen LogP contribution in [0.2, 0.25) is 0 Å². The number of para-hydroxylation sites is 1. The highest BCUT2D eigenvalue weighted by molar-refractivity contribution is 5.80. The fourth-order valence-corrected chi connectivity index (χ4v) is 6.40. The molecule has 2 N–H and O–H groups in total. The van der Waals surface area contributed by atoms with Crippen LogP contribution in [0.25, 0.3) is 16.7 Å². The molecule has 1 amide bonds. The maximum Gasteiger partial charge on any atom is 0.262 e. The Labute approximate surface area is 227 Å². The third-order valence-corrected chi connectivity index (χ3v) is 8.54. The fraction of sp³-hybridized carbons (Fsp3) is 0.387. The van der Waals surface area contributed by atoms with Crippen LogP contribution < -0.4 is 5.56 Å². The van der Waals surface area contributed by atoms with E-state index >= 15 is 0 Å². The van der Waals surface area contributed by atoms with Gasteiger partial charge in [-0.25, -0.2) is 4.98 Å². The van der Waals surface area contributed by atoms with Gasteiger partial charge in [0.15, 0.2) is 5.65 Å². The van der Waals surface area contributed by atoms with Gasteiger partial charge in [0.05, 0.1) is 23.6 Å². The standard InChI is InChI=1S/C31H34N4O4/c36-26-13-7-12-24(27(26)22-8-3-1-4-9-22)29(37)33-18-15-31(39,16-19-33)20-34-21-32-28-25(30(34)38)14-17-35(28)23-10-5-2-6-11-23/h1-6,8-11,14,17,21,24,26-27,36,39H,7,12-13,15-16,18-20H2/t24-,26+,27+/m1/s1. The van der Waals surface area contributed by atoms with Crippen LogP contribution in [-0.2, 0) is 11.3 Å². The first-order valence-corrected chi connectivity index (χ1v) is 13.8. The summed E-state index contributed by atoms with van der Waals surface area (Å²) in [7, 11) is 0. The second-order valence-corrected chi connectivity index (χ2v) is 11.0. The van der Waals surface area contributed by atoms with Gasteiger partial charge in [0.1, 0.15) is 6.33 Å². The van der Waals surface area contributed by atoms with Gasteiger partial charge in [-0.2, -0.15) is 0 Å². The Morgan fingerprint density at radius 2 is 1.67 bits per heavy atom. The van der Waals surface area contributed by atoms with Crippen molar-refractivity contribution in [1.29, 1.82) is 0 Å². The number of rotatable bonds is 5. The number of hydrogen-bond donors (Lipinski definition) is 2. The van der Waals surface area contributed by atoms with Gasteiger partial charge in [0, 0.05) is 36.8 Å². The molecule has 202 valence electrons. The Kier molecular flexibility index (Phi) is 6.83. The van der Waals surface area contributed by atoms with Crippen molar-refractivity contribution in [3.63, 3.8) is 0 Å². The van der Waals surface area contributed by atoms with E-state index in [1.54, 1.807) is 6.07 Å². The van der Waals surface area contributed by atoms with Crippen molar-refractivity contribution >= 4 is 16.9 Å². The summed E-state index contributed by atoms with van der Waals surface area (Å²) in [5.41, 5.74) is 1.21. The van der Waals surface area contributed by atoms with Crippen LogP contribution in [0.1, 0.15) is 43.6 Å². The molecule has 2 aromatic carbocycles. The van der Waals surface area contributed by atoms with Crippen LogP contribution in [0.15, 0.2) is 84.0 Å². The molecule has 2 aromatic heterocycles. The largest absolute Gasteiger partial charge is 0.392 e. The molecule has 39 heavy (non-hydrogen) atoms. The Morgan fingerprint density at radius 3 is 2.38 bits per heavy atom. The molecule has 3 heterocycles. The van der Waals surface area contributed by atoms with Gasteiger partial charge in [-0.1, -0.05) is 55.0 Å². The zero-order valence-corrected chi connectivity index (χ0v) is 21.9. The van der Waals surface area contributed by atoms with Crippen LogP contribution in [0.4, 0.5) is 0 Å². The molecule has 8 heteroatoms. The number of piperidine rings is 1. The number of fused-ring (bicyclic) bond motifs is 1. The van der Waals surface area contributed by atoms with Gasteiger partial charge in [-0.3, -0.25) is 14.2 Å². The summed E-state index contributed by atoms with van der Waals surface area (Å²) in [6.07, 6.45) is 5.83. The minimum atomic E-state index is -1.11. The van der Waals surface area contributed by atoms with Gasteiger partial charge in [-0.05, 0) is 49.4 Å². The second-order valence-electron chi connectivity index (χ2n) is 11.0. The lowest BCUT2D eigenvalue weighted by molar-refractivity contribution is -0.143. The van der Waals surface area contributed by atoms with Crippen LogP contribution >= 0.6 is 0 Å². The summed E-state index contributed by atoms with van der Waals surface area (Å²) >= 11 is 0. The third-order valence-electron chi connectivity index (χ3n) is 8.54. The van der Waals surface area contributed by atoms with E-state index in [0.717, 1.165) is 24.1 Å². The third kappa shape index (κ3) is 4.90. The van der Waals surface area contributed by atoms with Crippen molar-refractivity contribution in [2.24, 2.45) is 5.92 Å². The fourth-order valence-electron chi connectivity index (χ4n) is 6.40. The number of benzene rings is 2. The predicted molar refractivity (Wildman–Crippen MR) is 149 cm³/mol. The van der Waals surface area contributed by atoms with Crippen molar-refractivity contribution in [1.82, 2.24) is 19.0 Å². The van der Waals surface area contributed by atoms with Crippen molar-refractivity contribution < 1.29 is 15.0 Å². The van der Waals surface area contributed by atoms with Crippen LogP contribution in [0, 0.1) is 5.92 Å². The monoisotopic (exact) mass is 526 g/mol. The van der Waals surface area contributed by atoms with E-state index in [1.807, 2.05) is 76.3 Å². The molecule has 0 bridgehead atoms. The average molecular weight is 527 g/mol. The van der Waals surface area contributed by atoms with Crippen molar-refractivity contribution in [3.05, 3.63) is 95.2 Å². The summed E-state index contributed by atoms with van der Waals surface area (Å²) in [5, 5.41) is 22.7. The molecule has 1 saturated carbocycles. The Hall–Kier alpha value is -3.75. The number of hydrogen-bond acceptors (Lipinski definition) is 5. The molecule has 4 aromatic rings. The zero-order chi connectivity index (χ0) is 27.0. The van der Waals surface area contributed by atoms with Crippen LogP contribution in [-0.4, -0.2) is 59.9 Å². The van der Waals surface area contributed by atoms with E-state index in [2.05, 4.69) is 4.98 Å². The van der Waals surface area contributed by atoms with E-state index < -0.39 is 11.7 Å². The van der Waals surface area contributed by atoms with Gasteiger partial charge < -0.3 is 19.7 Å². The molecule has 0 spiro atoms. The number of aliphatic hydroxyl groups excluding tert-OH is 1. The Morgan fingerprint density at radius 1 is 0.974 bits per heavy atom. The topological polar surface area (TPSA) is 101 Å². The molecule has 8 nitrogen and oxygen atoms in total. The van der Waals surface area contributed by atoms with Gasteiger partial charge in [0.2, 0.25) is 5.91 Å². The minimum Gasteiger partial charge on any atom is -0.392 e. The number of likely N-dealkylation sites (tertiary alicyclic amines) is 1. The summed E-state index contributed by atoms with van der Waals surface area (Å²) in [4.78, 5) is 33.3. The van der Waals surface area contributed by atoms with Crippen LogP contribution in [0.3, 0.4) is 0 Å². The molecule has 0 unspecified atom stereocenters. The number of nitrogens with zero attached hydrogens (tertiary/aromatic N) is 4. The summed E-state index contributed by atoms with van der Waals surface area (Å²) in [5.74, 6) is -0.440. The smallest absolute Gasteiger partial charge is 0.262 e. The predicted octanol–water partition coefficient (Wildman–Crippen LogP) is 3.49. The Balaban J connectivity index is 1.15. The molecule has 6 rings (SSSR count). The lowest BCUT2D eigenvalue weighted by Gasteiger charge is -2.42. The van der Waals surface area contributed by atoms with Crippen LogP contribution in [0.5, 0.6) is 0 Å². The molecular formula is C31H34N4O4. The SMILES string of the molecule is O=C([C@@H]1CCC[C@H](O)[C@H]1c1ccccc1)N1CCC(O)(Cn2cnc3c(ccn3-c3ccccc3)c2=O)CC1. The molecule has 2 aliphatic rings. The minimum absolute atomic E-state index is 0.0483. The second kappa shape index (κ2) is 10.4. The van der Waals surface area contributed by atoms with E-state index in [9.17, 15) is 19.8 Å². The van der Waals surface area contributed by atoms with E-state index in [1.165, 1.54) is 10.9 Å². The van der Waals surface area contributed by atoms with E-state index in [4.69, 9.17) is 0 Å². The maximum atomic E-state index is 13.6. The molecule has 1 saturated heterocycles. The van der Waals surface area contributed by atoms with Crippen molar-refractivity contribution in [2.75, 3.05) is 13.1 Å². The molecular weight excluding hydrogens is 492 g/mol. The highest BCUT2D eigenvalue weighted by atomic mass is 16.3. The van der Waals surface area contributed by atoms with Gasteiger partial charge in [-0.15, -0.1) is 0 Å². The molecule has 2 fully saturated rings. The number of aromatic nitrogens is 3. The average Bonchev–Trinajstić information content (AvgIpc) is 3.40. The lowest BCUT2D eigenvalue weighted by Crippen LogP contribution is -2.52. The lowest BCUT2D eigenvalue weighted by atomic mass is 9.72. The number of carbonyl (C=O) groups excluding carboxylic acids is 1. The highest BCUT2D eigenvalue weighted by Gasteiger charge is 2.42. The van der Waals surface area contributed by atoms with Crippen molar-refractivity contribution in [2.45, 2.75) is 56.3 Å². The molecule has 1 aliphatic heterocycles. The zero-order valence-electron chi connectivity index (χ0n) is 21.9. The van der Waals surface area contributed by atoms with Gasteiger partial charge >= 0.3 is 0 Å². The molecule has 3 atom stereocenters. The summed E-state index contributed by atoms with van der Waals surface area (Å²) in [6.45, 7) is 0.957. The first kappa shape index (κ1) is 25.5. The summed E-state index contributed by atoms with van der Waals surface area (Å²) < 4.78 is 3.36. The number of aliphatic hydroxyl groups is 2. The first-order chi connectivity index (χ1) is 18.9. The normalized spacial score (nSPS) is 23.1. The van der Waals surface area contributed by atoms with Gasteiger partial charge in [0.25, 0.3) is 5.56 Å². The maximum absolute atomic E-state index is 13.6. The van der Waals surface area contributed by atoms with Crippen molar-refractivity contribution in [3.8, 4) is 5.69 Å². The summed E-state index contributed by atoms with van der Waals surface area (Å²) in [6, 6.07) is 21.3. The molecule has 1 aliphatic carbocycles.